The molecule has 0 unspecified atom stereocenters. The summed E-state index contributed by atoms with van der Waals surface area (Å²) in [6.07, 6.45) is 2.14. The Hall–Kier alpha value is -3.02. The lowest BCUT2D eigenvalue weighted by atomic mass is 10.1. The molecule has 0 aromatic heterocycles. The molecule has 0 bridgehead atoms. The summed E-state index contributed by atoms with van der Waals surface area (Å²) in [5.41, 5.74) is 1.90. The SMILES string of the molecule is CCCc1ccc(OCC(=O)N2CCN(C(=O)c3ccc(OCC)cc3)CC2)cc1. The zero-order chi connectivity index (χ0) is 21.3. The molecule has 1 saturated heterocycles. The number of nitrogens with zero attached hydrogens (tertiary/aromatic N) is 2. The van der Waals surface area contributed by atoms with E-state index in [1.54, 1.807) is 21.9 Å². The third-order valence-corrected chi connectivity index (χ3v) is 5.16. The van der Waals surface area contributed by atoms with Gasteiger partial charge in [-0.25, -0.2) is 0 Å². The third-order valence-electron chi connectivity index (χ3n) is 5.16. The largest absolute Gasteiger partial charge is 0.494 e. The monoisotopic (exact) mass is 410 g/mol. The number of hydrogen-bond donors (Lipinski definition) is 0. The zero-order valence-corrected chi connectivity index (χ0v) is 17.8. The van der Waals surface area contributed by atoms with Crippen LogP contribution in [0, 0.1) is 0 Å². The minimum absolute atomic E-state index is 0.0139. The molecule has 0 saturated carbocycles. The highest BCUT2D eigenvalue weighted by Gasteiger charge is 2.25. The number of ether oxygens (including phenoxy) is 2. The van der Waals surface area contributed by atoms with Gasteiger partial charge >= 0.3 is 0 Å². The number of carbonyl (C=O) groups is 2. The Morgan fingerprint density at radius 1 is 0.800 bits per heavy atom. The Kier molecular flexibility index (Phi) is 7.71. The Labute approximate surface area is 178 Å². The summed E-state index contributed by atoms with van der Waals surface area (Å²) < 4.78 is 11.1. The third kappa shape index (κ3) is 5.75. The van der Waals surface area contributed by atoms with Crippen LogP contribution in [0.25, 0.3) is 0 Å². The number of hydrogen-bond acceptors (Lipinski definition) is 4. The maximum absolute atomic E-state index is 12.7. The summed E-state index contributed by atoms with van der Waals surface area (Å²) in [6.45, 7) is 6.74. The van der Waals surface area contributed by atoms with E-state index in [0.717, 1.165) is 18.6 Å². The Morgan fingerprint density at radius 3 is 1.97 bits per heavy atom. The van der Waals surface area contributed by atoms with Crippen LogP contribution in [0.2, 0.25) is 0 Å². The van der Waals surface area contributed by atoms with Crippen LogP contribution in [0.3, 0.4) is 0 Å². The molecule has 0 radical (unpaired) electrons. The van der Waals surface area contributed by atoms with Gasteiger partial charge in [0.25, 0.3) is 11.8 Å². The number of rotatable bonds is 8. The highest BCUT2D eigenvalue weighted by Crippen LogP contribution is 2.16. The Bertz CT molecular complexity index is 825. The van der Waals surface area contributed by atoms with Crippen LogP contribution in [0.1, 0.15) is 36.2 Å². The van der Waals surface area contributed by atoms with Gasteiger partial charge in [-0.1, -0.05) is 25.5 Å². The van der Waals surface area contributed by atoms with E-state index in [9.17, 15) is 9.59 Å². The average Bonchev–Trinajstić information content (AvgIpc) is 2.79. The maximum atomic E-state index is 12.7. The van der Waals surface area contributed by atoms with Gasteiger partial charge in [-0.2, -0.15) is 0 Å². The molecule has 2 aromatic carbocycles. The molecule has 6 nitrogen and oxygen atoms in total. The molecule has 1 aliphatic rings. The van der Waals surface area contributed by atoms with E-state index in [-0.39, 0.29) is 18.4 Å². The molecule has 0 N–H and O–H groups in total. The minimum Gasteiger partial charge on any atom is -0.494 e. The first kappa shape index (κ1) is 21.7. The average molecular weight is 411 g/mol. The van der Waals surface area contributed by atoms with E-state index in [1.165, 1.54) is 5.56 Å². The van der Waals surface area contributed by atoms with Gasteiger partial charge < -0.3 is 19.3 Å². The van der Waals surface area contributed by atoms with Gasteiger partial charge in [0.1, 0.15) is 11.5 Å². The van der Waals surface area contributed by atoms with Crippen molar-refractivity contribution in [3.05, 3.63) is 59.7 Å². The van der Waals surface area contributed by atoms with E-state index < -0.39 is 0 Å². The van der Waals surface area contributed by atoms with Crippen molar-refractivity contribution in [1.29, 1.82) is 0 Å². The first-order chi connectivity index (χ1) is 14.6. The fourth-order valence-corrected chi connectivity index (χ4v) is 3.48. The summed E-state index contributed by atoms with van der Waals surface area (Å²) in [6, 6.07) is 15.1. The van der Waals surface area contributed by atoms with Gasteiger partial charge in [-0.05, 0) is 55.3 Å². The van der Waals surface area contributed by atoms with Crippen molar-refractivity contribution in [1.82, 2.24) is 9.80 Å². The van der Waals surface area contributed by atoms with Crippen molar-refractivity contribution >= 4 is 11.8 Å². The van der Waals surface area contributed by atoms with E-state index in [2.05, 4.69) is 6.92 Å². The molecule has 2 aromatic rings. The van der Waals surface area contributed by atoms with Gasteiger partial charge in [-0.3, -0.25) is 9.59 Å². The highest BCUT2D eigenvalue weighted by molar-refractivity contribution is 5.94. The first-order valence-corrected chi connectivity index (χ1v) is 10.6. The second-order valence-corrected chi connectivity index (χ2v) is 7.31. The topological polar surface area (TPSA) is 59.1 Å². The van der Waals surface area contributed by atoms with E-state index in [0.29, 0.717) is 44.1 Å². The quantitative estimate of drug-likeness (QED) is 0.669. The number of piperazine rings is 1. The number of carbonyl (C=O) groups excluding carboxylic acids is 2. The molecule has 0 aliphatic carbocycles. The second-order valence-electron chi connectivity index (χ2n) is 7.31. The molecule has 1 fully saturated rings. The molecule has 0 spiro atoms. The molecule has 1 heterocycles. The van der Waals surface area contributed by atoms with Crippen LogP contribution in [-0.2, 0) is 11.2 Å². The van der Waals surface area contributed by atoms with Crippen molar-refractivity contribution in [3.63, 3.8) is 0 Å². The van der Waals surface area contributed by atoms with Crippen molar-refractivity contribution in [3.8, 4) is 11.5 Å². The van der Waals surface area contributed by atoms with Crippen LogP contribution < -0.4 is 9.47 Å². The summed E-state index contributed by atoms with van der Waals surface area (Å²) in [5.74, 6) is 1.38. The Morgan fingerprint density at radius 2 is 1.37 bits per heavy atom. The standard InChI is InChI=1S/C24H30N2O4/c1-3-5-19-6-10-22(11-7-19)30-18-23(27)25-14-16-26(17-15-25)24(28)20-8-12-21(13-9-20)29-4-2/h6-13H,3-5,14-18H2,1-2H3. The zero-order valence-electron chi connectivity index (χ0n) is 17.8. The fourth-order valence-electron chi connectivity index (χ4n) is 3.48. The highest BCUT2D eigenvalue weighted by atomic mass is 16.5. The molecule has 30 heavy (non-hydrogen) atoms. The Balaban J connectivity index is 1.45. The molecule has 0 atom stereocenters. The molecule has 6 heteroatoms. The van der Waals surface area contributed by atoms with Crippen LogP contribution in [0.15, 0.2) is 48.5 Å². The van der Waals surface area contributed by atoms with Gasteiger partial charge in [-0.15, -0.1) is 0 Å². The smallest absolute Gasteiger partial charge is 0.260 e. The molecule has 2 amide bonds. The fraction of sp³-hybridized carbons (Fsp3) is 0.417. The molecule has 3 rings (SSSR count). The minimum atomic E-state index is -0.0548. The van der Waals surface area contributed by atoms with Crippen molar-refractivity contribution in [2.24, 2.45) is 0 Å². The van der Waals surface area contributed by atoms with Crippen molar-refractivity contribution < 1.29 is 19.1 Å². The van der Waals surface area contributed by atoms with E-state index >= 15 is 0 Å². The van der Waals surface area contributed by atoms with Crippen LogP contribution in [-0.4, -0.2) is 61.0 Å². The number of benzene rings is 2. The summed E-state index contributed by atoms with van der Waals surface area (Å²) in [7, 11) is 0. The van der Waals surface area contributed by atoms with Crippen LogP contribution >= 0.6 is 0 Å². The van der Waals surface area contributed by atoms with Gasteiger partial charge in [0.15, 0.2) is 6.61 Å². The van der Waals surface area contributed by atoms with Crippen molar-refractivity contribution in [2.45, 2.75) is 26.7 Å². The van der Waals surface area contributed by atoms with Crippen LogP contribution in [0.4, 0.5) is 0 Å². The molecular formula is C24H30N2O4. The maximum Gasteiger partial charge on any atom is 0.260 e. The number of amides is 2. The summed E-state index contributed by atoms with van der Waals surface area (Å²) >= 11 is 0. The van der Waals surface area contributed by atoms with Crippen molar-refractivity contribution in [2.75, 3.05) is 39.4 Å². The summed E-state index contributed by atoms with van der Waals surface area (Å²) in [5, 5.41) is 0. The normalized spacial score (nSPS) is 13.8. The lowest BCUT2D eigenvalue weighted by Gasteiger charge is -2.34. The van der Waals surface area contributed by atoms with E-state index in [4.69, 9.17) is 9.47 Å². The molecular weight excluding hydrogens is 380 g/mol. The molecule has 1 aliphatic heterocycles. The number of aryl methyl sites for hydroxylation is 1. The van der Waals surface area contributed by atoms with Crippen LogP contribution in [0.5, 0.6) is 11.5 Å². The second kappa shape index (κ2) is 10.7. The predicted octanol–water partition coefficient (Wildman–Crippen LogP) is 3.40. The lowest BCUT2D eigenvalue weighted by Crippen LogP contribution is -2.51. The predicted molar refractivity (Wildman–Crippen MR) is 116 cm³/mol. The van der Waals surface area contributed by atoms with Gasteiger partial charge in [0.05, 0.1) is 6.61 Å². The van der Waals surface area contributed by atoms with Gasteiger partial charge in [0.2, 0.25) is 0 Å². The molecule has 160 valence electrons. The van der Waals surface area contributed by atoms with E-state index in [1.807, 2.05) is 43.3 Å². The first-order valence-electron chi connectivity index (χ1n) is 10.6. The summed E-state index contributed by atoms with van der Waals surface area (Å²) in [4.78, 5) is 28.7. The lowest BCUT2D eigenvalue weighted by molar-refractivity contribution is -0.134. The van der Waals surface area contributed by atoms with Gasteiger partial charge in [0, 0.05) is 31.7 Å².